The quantitative estimate of drug-likeness (QED) is 0.523. The number of rotatable bonds is 5. The van der Waals surface area contributed by atoms with Crippen LogP contribution in [0.5, 0.6) is 0 Å². The number of hydrogen-bond acceptors (Lipinski definition) is 3. The molecular formula is C26H40O3. The SMILES string of the molecule is CCCC(=O)OCC(C)[C@H]1CC[C@H]2[C@@H]3CCC4=CC(=O)CC[C@]4(C)[C@H]3CC[C@]12C. The molecule has 0 heterocycles. The first-order chi connectivity index (χ1) is 13.8. The molecule has 4 aliphatic carbocycles. The van der Waals surface area contributed by atoms with Crippen molar-refractivity contribution in [2.45, 2.75) is 91.9 Å². The molecule has 4 aliphatic rings. The van der Waals surface area contributed by atoms with Gasteiger partial charge in [-0.1, -0.05) is 33.3 Å². The van der Waals surface area contributed by atoms with Gasteiger partial charge in [-0.15, -0.1) is 0 Å². The van der Waals surface area contributed by atoms with E-state index in [0.717, 1.165) is 43.4 Å². The summed E-state index contributed by atoms with van der Waals surface area (Å²) in [5, 5.41) is 0. The molecule has 4 rings (SSSR count). The molecule has 0 aromatic carbocycles. The molecule has 3 heteroatoms. The van der Waals surface area contributed by atoms with Gasteiger partial charge in [-0.2, -0.15) is 0 Å². The molecule has 0 aromatic heterocycles. The fourth-order valence-electron chi connectivity index (χ4n) is 8.15. The van der Waals surface area contributed by atoms with Gasteiger partial charge in [-0.3, -0.25) is 9.59 Å². The molecule has 1 unspecified atom stereocenters. The zero-order valence-corrected chi connectivity index (χ0v) is 19.0. The van der Waals surface area contributed by atoms with E-state index in [9.17, 15) is 9.59 Å². The molecule has 0 amide bonds. The molecule has 0 bridgehead atoms. The largest absolute Gasteiger partial charge is 0.465 e. The fraction of sp³-hybridized carbons (Fsp3) is 0.846. The van der Waals surface area contributed by atoms with Gasteiger partial charge in [0, 0.05) is 12.8 Å². The number of ether oxygens (including phenoxy) is 1. The molecule has 162 valence electrons. The van der Waals surface area contributed by atoms with Gasteiger partial charge in [-0.25, -0.2) is 0 Å². The summed E-state index contributed by atoms with van der Waals surface area (Å²) in [7, 11) is 0. The minimum absolute atomic E-state index is 0.0332. The van der Waals surface area contributed by atoms with Crippen LogP contribution in [0.25, 0.3) is 0 Å². The van der Waals surface area contributed by atoms with Gasteiger partial charge in [-0.05, 0) is 97.9 Å². The van der Waals surface area contributed by atoms with Crippen LogP contribution in [-0.2, 0) is 14.3 Å². The number of esters is 1. The van der Waals surface area contributed by atoms with E-state index >= 15 is 0 Å². The zero-order valence-electron chi connectivity index (χ0n) is 19.0. The molecule has 0 N–H and O–H groups in total. The standard InChI is InChI=1S/C26H40O3/c1-5-6-24(28)29-16-17(2)21-9-10-22-20-8-7-18-15-19(27)11-13-25(18,3)23(20)12-14-26(21,22)4/h15,17,20-23H,5-14,16H2,1-4H3/t17?,20-,21+,22-,23-,25-,26+/m0/s1. The van der Waals surface area contributed by atoms with E-state index in [1.54, 1.807) is 0 Å². The minimum atomic E-state index is -0.0332. The van der Waals surface area contributed by atoms with E-state index in [-0.39, 0.29) is 11.4 Å². The number of allylic oxidation sites excluding steroid dienone is 1. The summed E-state index contributed by atoms with van der Waals surface area (Å²) in [6.45, 7) is 9.94. The van der Waals surface area contributed by atoms with Gasteiger partial charge >= 0.3 is 5.97 Å². The Hall–Kier alpha value is -1.12. The van der Waals surface area contributed by atoms with Crippen molar-refractivity contribution in [3.05, 3.63) is 11.6 Å². The highest BCUT2D eigenvalue weighted by molar-refractivity contribution is 5.91. The predicted octanol–water partition coefficient (Wildman–Crippen LogP) is 6.11. The van der Waals surface area contributed by atoms with E-state index in [2.05, 4.69) is 20.8 Å². The predicted molar refractivity (Wildman–Crippen MR) is 115 cm³/mol. The van der Waals surface area contributed by atoms with Crippen LogP contribution < -0.4 is 0 Å². The third-order valence-corrected chi connectivity index (χ3v) is 9.68. The molecule has 0 aliphatic heterocycles. The summed E-state index contributed by atoms with van der Waals surface area (Å²) in [5.74, 6) is 3.80. The lowest BCUT2D eigenvalue weighted by Crippen LogP contribution is -2.51. The Labute approximate surface area is 177 Å². The second-order valence-electron chi connectivity index (χ2n) is 11.1. The van der Waals surface area contributed by atoms with Crippen molar-refractivity contribution in [2.75, 3.05) is 6.61 Å². The number of fused-ring (bicyclic) bond motifs is 5. The maximum atomic E-state index is 12.0. The van der Waals surface area contributed by atoms with Gasteiger partial charge in [0.25, 0.3) is 0 Å². The van der Waals surface area contributed by atoms with Crippen molar-refractivity contribution < 1.29 is 14.3 Å². The molecule has 3 saturated carbocycles. The van der Waals surface area contributed by atoms with Crippen molar-refractivity contribution in [1.82, 2.24) is 0 Å². The van der Waals surface area contributed by atoms with Crippen molar-refractivity contribution in [3.63, 3.8) is 0 Å². The topological polar surface area (TPSA) is 43.4 Å². The van der Waals surface area contributed by atoms with E-state index < -0.39 is 0 Å². The summed E-state index contributed by atoms with van der Waals surface area (Å²) in [6, 6.07) is 0. The molecule has 0 spiro atoms. The third kappa shape index (κ3) is 3.51. The summed E-state index contributed by atoms with van der Waals surface area (Å²) in [6.07, 6.45) is 12.8. The Balaban J connectivity index is 1.48. The monoisotopic (exact) mass is 400 g/mol. The van der Waals surface area contributed by atoms with Crippen LogP contribution in [0.2, 0.25) is 0 Å². The van der Waals surface area contributed by atoms with Crippen LogP contribution >= 0.6 is 0 Å². The Bertz CT molecular complexity index is 694. The molecule has 7 atom stereocenters. The van der Waals surface area contributed by atoms with Crippen molar-refractivity contribution in [3.8, 4) is 0 Å². The molecule has 0 saturated heterocycles. The van der Waals surface area contributed by atoms with Gasteiger partial charge in [0.15, 0.2) is 5.78 Å². The average molecular weight is 401 g/mol. The lowest BCUT2D eigenvalue weighted by atomic mass is 9.46. The Morgan fingerprint density at radius 3 is 2.69 bits per heavy atom. The Morgan fingerprint density at radius 1 is 1.14 bits per heavy atom. The summed E-state index contributed by atoms with van der Waals surface area (Å²) in [5.41, 5.74) is 2.11. The van der Waals surface area contributed by atoms with Crippen LogP contribution in [0.3, 0.4) is 0 Å². The lowest BCUT2D eigenvalue weighted by molar-refractivity contribution is -0.146. The first kappa shape index (κ1) is 21.1. The number of carbonyl (C=O) groups is 2. The zero-order chi connectivity index (χ0) is 20.8. The van der Waals surface area contributed by atoms with Crippen molar-refractivity contribution in [2.24, 2.45) is 40.4 Å². The normalized spacial score (nSPS) is 42.3. The second kappa shape index (κ2) is 7.85. The van der Waals surface area contributed by atoms with Gasteiger partial charge < -0.3 is 4.74 Å². The number of hydrogen-bond donors (Lipinski definition) is 0. The number of ketones is 1. The maximum Gasteiger partial charge on any atom is 0.305 e. The van der Waals surface area contributed by atoms with E-state index in [0.29, 0.717) is 36.1 Å². The van der Waals surface area contributed by atoms with Crippen molar-refractivity contribution in [1.29, 1.82) is 0 Å². The number of carbonyl (C=O) groups excluding carboxylic acids is 2. The fourth-order valence-corrected chi connectivity index (χ4v) is 8.15. The minimum Gasteiger partial charge on any atom is -0.465 e. The highest BCUT2D eigenvalue weighted by Crippen LogP contribution is 2.67. The lowest BCUT2D eigenvalue weighted by Gasteiger charge is -2.58. The highest BCUT2D eigenvalue weighted by Gasteiger charge is 2.59. The smallest absolute Gasteiger partial charge is 0.305 e. The molecule has 29 heavy (non-hydrogen) atoms. The molecule has 3 nitrogen and oxygen atoms in total. The first-order valence-corrected chi connectivity index (χ1v) is 12.2. The van der Waals surface area contributed by atoms with Gasteiger partial charge in [0.1, 0.15) is 0 Å². The van der Waals surface area contributed by atoms with Gasteiger partial charge in [0.05, 0.1) is 6.61 Å². The summed E-state index contributed by atoms with van der Waals surface area (Å²) < 4.78 is 5.61. The molecule has 0 aromatic rings. The summed E-state index contributed by atoms with van der Waals surface area (Å²) in [4.78, 5) is 23.9. The molecular weight excluding hydrogens is 360 g/mol. The van der Waals surface area contributed by atoms with Crippen LogP contribution in [0.1, 0.15) is 91.9 Å². The summed E-state index contributed by atoms with van der Waals surface area (Å²) >= 11 is 0. The maximum absolute atomic E-state index is 12.0. The third-order valence-electron chi connectivity index (χ3n) is 9.68. The van der Waals surface area contributed by atoms with Crippen LogP contribution in [-0.4, -0.2) is 18.4 Å². The van der Waals surface area contributed by atoms with Crippen LogP contribution in [0, 0.1) is 40.4 Å². The Kier molecular flexibility index (Phi) is 5.72. The van der Waals surface area contributed by atoms with Gasteiger partial charge in [0.2, 0.25) is 0 Å². The van der Waals surface area contributed by atoms with Crippen molar-refractivity contribution >= 4 is 11.8 Å². The Morgan fingerprint density at radius 2 is 1.93 bits per heavy atom. The van der Waals surface area contributed by atoms with E-state index in [4.69, 9.17) is 4.74 Å². The van der Waals surface area contributed by atoms with E-state index in [1.165, 1.54) is 37.7 Å². The van der Waals surface area contributed by atoms with Crippen LogP contribution in [0.15, 0.2) is 11.6 Å². The van der Waals surface area contributed by atoms with Crippen LogP contribution in [0.4, 0.5) is 0 Å². The van der Waals surface area contributed by atoms with E-state index in [1.807, 2.05) is 13.0 Å². The molecule has 0 radical (unpaired) electrons. The molecule has 3 fully saturated rings. The first-order valence-electron chi connectivity index (χ1n) is 12.2. The highest BCUT2D eigenvalue weighted by atomic mass is 16.5. The average Bonchev–Trinajstić information content (AvgIpc) is 3.04. The second-order valence-corrected chi connectivity index (χ2v) is 11.1.